The van der Waals surface area contributed by atoms with Gasteiger partial charge in [-0.05, 0) is 30.7 Å². The third kappa shape index (κ3) is 4.53. The monoisotopic (exact) mass is 350 g/mol. The van der Waals surface area contributed by atoms with Crippen LogP contribution in [0.25, 0.3) is 0 Å². The highest BCUT2D eigenvalue weighted by Gasteiger charge is 2.18. The molecule has 7 nitrogen and oxygen atoms in total. The Morgan fingerprint density at radius 2 is 1.96 bits per heavy atom. The van der Waals surface area contributed by atoms with Crippen LogP contribution in [-0.4, -0.2) is 26.2 Å². The standard InChI is InChI=1S/C16H18N2O5S/c1-3-23-11-12-5-4-6-13(9-12)17-15-8-7-14(18(19)20)10-16(15)24(2,21)22/h4-10,17H,3,11H2,1-2H3. The Morgan fingerprint density at radius 3 is 2.58 bits per heavy atom. The van der Waals surface area contributed by atoms with Gasteiger partial charge in [-0.1, -0.05) is 12.1 Å². The number of nitro groups is 1. The SMILES string of the molecule is CCOCc1cccc(Nc2ccc([N+](=O)[O-])cc2S(C)(=O)=O)c1. The van der Waals surface area contributed by atoms with E-state index in [-0.39, 0.29) is 16.3 Å². The molecule has 128 valence electrons. The van der Waals surface area contributed by atoms with E-state index in [1.54, 1.807) is 6.07 Å². The lowest BCUT2D eigenvalue weighted by Crippen LogP contribution is -2.04. The number of non-ortho nitro benzene ring substituents is 1. The summed E-state index contributed by atoms with van der Waals surface area (Å²) in [5, 5.41) is 13.9. The van der Waals surface area contributed by atoms with Crippen molar-refractivity contribution in [3.8, 4) is 0 Å². The van der Waals surface area contributed by atoms with Crippen LogP contribution in [0.5, 0.6) is 0 Å². The molecule has 0 heterocycles. The molecular weight excluding hydrogens is 332 g/mol. The maximum absolute atomic E-state index is 11.9. The second kappa shape index (κ2) is 7.41. The van der Waals surface area contributed by atoms with Gasteiger partial charge in [0.2, 0.25) is 0 Å². The summed E-state index contributed by atoms with van der Waals surface area (Å²) < 4.78 is 29.2. The molecule has 0 saturated carbocycles. The minimum absolute atomic E-state index is 0.119. The maximum atomic E-state index is 11.9. The highest BCUT2D eigenvalue weighted by atomic mass is 32.2. The first-order valence-electron chi connectivity index (χ1n) is 7.23. The zero-order chi connectivity index (χ0) is 17.7. The number of nitrogens with one attached hydrogen (secondary N) is 1. The topological polar surface area (TPSA) is 98.5 Å². The molecule has 0 saturated heterocycles. The van der Waals surface area contributed by atoms with Crippen molar-refractivity contribution in [2.24, 2.45) is 0 Å². The molecule has 0 aliphatic heterocycles. The lowest BCUT2D eigenvalue weighted by atomic mass is 10.2. The van der Waals surface area contributed by atoms with Crippen molar-refractivity contribution >= 4 is 26.9 Å². The molecule has 0 fully saturated rings. The van der Waals surface area contributed by atoms with Gasteiger partial charge in [0.15, 0.2) is 9.84 Å². The summed E-state index contributed by atoms with van der Waals surface area (Å²) in [5.41, 5.74) is 1.62. The van der Waals surface area contributed by atoms with Crippen molar-refractivity contribution < 1.29 is 18.1 Å². The fourth-order valence-electron chi connectivity index (χ4n) is 2.15. The molecule has 0 aliphatic rings. The zero-order valence-electron chi connectivity index (χ0n) is 13.4. The van der Waals surface area contributed by atoms with E-state index in [1.807, 2.05) is 25.1 Å². The van der Waals surface area contributed by atoms with Gasteiger partial charge in [-0.3, -0.25) is 10.1 Å². The maximum Gasteiger partial charge on any atom is 0.270 e. The quantitative estimate of drug-likeness (QED) is 0.608. The summed E-state index contributed by atoms with van der Waals surface area (Å²) in [6.07, 6.45) is 1.02. The van der Waals surface area contributed by atoms with E-state index in [9.17, 15) is 18.5 Å². The zero-order valence-corrected chi connectivity index (χ0v) is 14.2. The van der Waals surface area contributed by atoms with Gasteiger partial charge in [0.1, 0.15) is 0 Å². The van der Waals surface area contributed by atoms with Gasteiger partial charge in [-0.25, -0.2) is 8.42 Å². The fraction of sp³-hybridized carbons (Fsp3) is 0.250. The van der Waals surface area contributed by atoms with Crippen LogP contribution in [-0.2, 0) is 21.2 Å². The number of anilines is 2. The first-order chi connectivity index (χ1) is 11.3. The van der Waals surface area contributed by atoms with Gasteiger partial charge in [0, 0.05) is 30.7 Å². The Balaban J connectivity index is 2.37. The van der Waals surface area contributed by atoms with Crippen molar-refractivity contribution in [1.29, 1.82) is 0 Å². The molecule has 8 heteroatoms. The fourth-order valence-corrected chi connectivity index (χ4v) is 3.00. The third-order valence-corrected chi connectivity index (χ3v) is 4.39. The average Bonchev–Trinajstić information content (AvgIpc) is 2.52. The summed E-state index contributed by atoms with van der Waals surface area (Å²) in [6, 6.07) is 11.1. The molecule has 2 aromatic rings. The highest BCUT2D eigenvalue weighted by molar-refractivity contribution is 7.90. The summed E-state index contributed by atoms with van der Waals surface area (Å²) in [5.74, 6) is 0. The Kier molecular flexibility index (Phi) is 5.53. The number of benzene rings is 2. The van der Waals surface area contributed by atoms with E-state index in [1.165, 1.54) is 12.1 Å². The van der Waals surface area contributed by atoms with E-state index < -0.39 is 14.8 Å². The van der Waals surface area contributed by atoms with Crippen molar-refractivity contribution in [2.45, 2.75) is 18.4 Å². The Morgan fingerprint density at radius 1 is 1.21 bits per heavy atom. The van der Waals surface area contributed by atoms with Gasteiger partial charge in [-0.15, -0.1) is 0 Å². The van der Waals surface area contributed by atoms with Gasteiger partial charge < -0.3 is 10.1 Å². The number of rotatable bonds is 7. The molecule has 0 amide bonds. The predicted octanol–water partition coefficient (Wildman–Crippen LogP) is 3.28. The number of hydrogen-bond donors (Lipinski definition) is 1. The second-order valence-corrected chi connectivity index (χ2v) is 7.16. The van der Waals surface area contributed by atoms with Crippen molar-refractivity contribution in [2.75, 3.05) is 18.2 Å². The Labute approximate surface area is 140 Å². The number of sulfone groups is 1. The molecule has 0 aromatic heterocycles. The summed E-state index contributed by atoms with van der Waals surface area (Å²) >= 11 is 0. The molecule has 2 aromatic carbocycles. The van der Waals surface area contributed by atoms with Gasteiger partial charge in [0.05, 0.1) is 22.1 Å². The molecular formula is C16H18N2O5S. The molecule has 2 rings (SSSR count). The molecule has 0 spiro atoms. The largest absolute Gasteiger partial charge is 0.377 e. The molecule has 0 aliphatic carbocycles. The third-order valence-electron chi connectivity index (χ3n) is 3.25. The molecule has 0 bridgehead atoms. The van der Waals surface area contributed by atoms with Crippen molar-refractivity contribution in [3.05, 3.63) is 58.1 Å². The van der Waals surface area contributed by atoms with Crippen molar-refractivity contribution in [1.82, 2.24) is 0 Å². The van der Waals surface area contributed by atoms with E-state index in [2.05, 4.69) is 5.32 Å². The van der Waals surface area contributed by atoms with Crippen LogP contribution in [0, 0.1) is 10.1 Å². The summed E-state index contributed by atoms with van der Waals surface area (Å²) in [6.45, 7) is 2.95. The lowest BCUT2D eigenvalue weighted by molar-refractivity contribution is -0.385. The number of nitrogens with zero attached hydrogens (tertiary/aromatic N) is 1. The highest BCUT2D eigenvalue weighted by Crippen LogP contribution is 2.29. The molecule has 24 heavy (non-hydrogen) atoms. The molecule has 1 N–H and O–H groups in total. The van der Waals surface area contributed by atoms with Gasteiger partial charge in [0.25, 0.3) is 5.69 Å². The first kappa shape index (κ1) is 17.9. The number of nitro benzene ring substituents is 1. The summed E-state index contributed by atoms with van der Waals surface area (Å²) in [4.78, 5) is 10.1. The Hall–Kier alpha value is -2.45. The van der Waals surface area contributed by atoms with Crippen LogP contribution < -0.4 is 5.32 Å². The average molecular weight is 350 g/mol. The number of hydrogen-bond acceptors (Lipinski definition) is 6. The van der Waals surface area contributed by atoms with E-state index in [0.717, 1.165) is 17.9 Å². The predicted molar refractivity (Wildman–Crippen MR) is 91.3 cm³/mol. The number of ether oxygens (including phenoxy) is 1. The van der Waals surface area contributed by atoms with Crippen LogP contribution in [0.15, 0.2) is 47.4 Å². The van der Waals surface area contributed by atoms with Crippen molar-refractivity contribution in [3.63, 3.8) is 0 Å². The Bertz CT molecular complexity index is 849. The first-order valence-corrected chi connectivity index (χ1v) is 9.12. The molecule has 0 atom stereocenters. The van der Waals surface area contributed by atoms with Crippen LogP contribution >= 0.6 is 0 Å². The smallest absolute Gasteiger partial charge is 0.270 e. The van der Waals surface area contributed by atoms with E-state index in [0.29, 0.717) is 18.9 Å². The molecule has 0 radical (unpaired) electrons. The van der Waals surface area contributed by atoms with Crippen LogP contribution in [0.4, 0.5) is 17.1 Å². The minimum atomic E-state index is -3.63. The lowest BCUT2D eigenvalue weighted by Gasteiger charge is -2.12. The van der Waals surface area contributed by atoms with Crippen LogP contribution in [0.3, 0.4) is 0 Å². The summed E-state index contributed by atoms with van der Waals surface area (Å²) in [7, 11) is -3.63. The second-order valence-electron chi connectivity index (χ2n) is 5.17. The van der Waals surface area contributed by atoms with Crippen LogP contribution in [0.2, 0.25) is 0 Å². The van der Waals surface area contributed by atoms with Gasteiger partial charge in [-0.2, -0.15) is 0 Å². The van der Waals surface area contributed by atoms with Crippen LogP contribution in [0.1, 0.15) is 12.5 Å². The molecule has 0 unspecified atom stereocenters. The normalized spacial score (nSPS) is 11.2. The van der Waals surface area contributed by atoms with E-state index in [4.69, 9.17) is 4.74 Å². The minimum Gasteiger partial charge on any atom is -0.377 e. The van der Waals surface area contributed by atoms with E-state index >= 15 is 0 Å². The van der Waals surface area contributed by atoms with Gasteiger partial charge >= 0.3 is 0 Å².